The van der Waals surface area contributed by atoms with Gasteiger partial charge >= 0.3 is 5.97 Å². The molecule has 0 aromatic heterocycles. The van der Waals surface area contributed by atoms with Crippen LogP contribution >= 0.6 is 0 Å². The number of hydrogen-bond acceptors (Lipinski definition) is 3. The van der Waals surface area contributed by atoms with Gasteiger partial charge < -0.3 is 14.6 Å². The lowest BCUT2D eigenvalue weighted by atomic mass is 10.2. The molecule has 1 fully saturated rings. The van der Waals surface area contributed by atoms with Crippen LogP contribution in [0.4, 0.5) is 0 Å². The Balaban J connectivity index is 1.72. The van der Waals surface area contributed by atoms with Crippen molar-refractivity contribution in [2.75, 3.05) is 13.2 Å². The van der Waals surface area contributed by atoms with E-state index in [-0.39, 0.29) is 5.56 Å². The highest BCUT2D eigenvalue weighted by Crippen LogP contribution is 2.20. The minimum absolute atomic E-state index is 0.240. The molecule has 98 valence electrons. The van der Waals surface area contributed by atoms with Gasteiger partial charge in [0.15, 0.2) is 0 Å². The van der Waals surface area contributed by atoms with Crippen molar-refractivity contribution in [2.45, 2.75) is 31.8 Å². The summed E-state index contributed by atoms with van der Waals surface area (Å²) < 4.78 is 11.1. The lowest BCUT2D eigenvalue weighted by Crippen LogP contribution is -2.14. The standard InChI is InChI=1S/C14H18O4/c15-14(16)11-4-3-7-13(10-11)18-9-8-17-12-5-1-2-6-12/h3-4,7,10,12H,1-2,5-6,8-9H2,(H,15,16). The Kier molecular flexibility index (Phi) is 4.59. The first-order valence-corrected chi connectivity index (χ1v) is 6.33. The normalized spacial score (nSPS) is 15.8. The molecule has 0 unspecified atom stereocenters. The summed E-state index contributed by atoms with van der Waals surface area (Å²) in [6.07, 6.45) is 5.19. The van der Waals surface area contributed by atoms with Crippen molar-refractivity contribution in [3.05, 3.63) is 29.8 Å². The monoisotopic (exact) mass is 250 g/mol. The maximum atomic E-state index is 10.8. The van der Waals surface area contributed by atoms with Crippen LogP contribution in [0.25, 0.3) is 0 Å². The molecule has 1 saturated carbocycles. The minimum atomic E-state index is -0.942. The van der Waals surface area contributed by atoms with Crippen LogP contribution in [0, 0.1) is 0 Å². The van der Waals surface area contributed by atoms with Gasteiger partial charge in [-0.1, -0.05) is 18.9 Å². The van der Waals surface area contributed by atoms with E-state index in [2.05, 4.69) is 0 Å². The molecule has 1 aromatic rings. The summed E-state index contributed by atoms with van der Waals surface area (Å²) >= 11 is 0. The first-order chi connectivity index (χ1) is 8.75. The highest BCUT2D eigenvalue weighted by molar-refractivity contribution is 5.87. The topological polar surface area (TPSA) is 55.8 Å². The molecule has 4 heteroatoms. The van der Waals surface area contributed by atoms with Gasteiger partial charge in [0.25, 0.3) is 0 Å². The van der Waals surface area contributed by atoms with Gasteiger partial charge in [0.2, 0.25) is 0 Å². The smallest absolute Gasteiger partial charge is 0.335 e. The van der Waals surface area contributed by atoms with Crippen molar-refractivity contribution in [3.8, 4) is 5.75 Å². The second-order valence-corrected chi connectivity index (χ2v) is 4.46. The lowest BCUT2D eigenvalue weighted by molar-refractivity contribution is 0.0382. The fraction of sp³-hybridized carbons (Fsp3) is 0.500. The number of carbonyl (C=O) groups is 1. The van der Waals surface area contributed by atoms with Gasteiger partial charge in [0.05, 0.1) is 18.3 Å². The molecular formula is C14H18O4. The molecule has 1 aliphatic rings. The zero-order chi connectivity index (χ0) is 12.8. The Morgan fingerprint density at radius 3 is 2.78 bits per heavy atom. The maximum Gasteiger partial charge on any atom is 0.335 e. The van der Waals surface area contributed by atoms with E-state index in [0.29, 0.717) is 25.1 Å². The number of aromatic carboxylic acids is 1. The zero-order valence-corrected chi connectivity index (χ0v) is 10.3. The van der Waals surface area contributed by atoms with E-state index in [1.807, 2.05) is 0 Å². The molecule has 0 radical (unpaired) electrons. The summed E-state index contributed by atoms with van der Waals surface area (Å²) in [6, 6.07) is 6.50. The number of rotatable bonds is 6. The Morgan fingerprint density at radius 1 is 1.28 bits per heavy atom. The van der Waals surface area contributed by atoms with E-state index >= 15 is 0 Å². The molecule has 0 heterocycles. The zero-order valence-electron chi connectivity index (χ0n) is 10.3. The quantitative estimate of drug-likeness (QED) is 0.789. The Bertz CT molecular complexity index is 397. The predicted molar refractivity (Wildman–Crippen MR) is 67.1 cm³/mol. The van der Waals surface area contributed by atoms with Crippen molar-refractivity contribution in [1.82, 2.24) is 0 Å². The van der Waals surface area contributed by atoms with Crippen molar-refractivity contribution < 1.29 is 19.4 Å². The Morgan fingerprint density at radius 2 is 2.06 bits per heavy atom. The van der Waals surface area contributed by atoms with Gasteiger partial charge in [-0.3, -0.25) is 0 Å². The van der Waals surface area contributed by atoms with Crippen LogP contribution in [-0.4, -0.2) is 30.4 Å². The number of carboxylic acid groups (broad SMARTS) is 1. The molecule has 0 spiro atoms. The van der Waals surface area contributed by atoms with Crippen molar-refractivity contribution in [2.24, 2.45) is 0 Å². The molecule has 18 heavy (non-hydrogen) atoms. The summed E-state index contributed by atoms with van der Waals surface area (Å²) in [7, 11) is 0. The number of benzene rings is 1. The lowest BCUT2D eigenvalue weighted by Gasteiger charge is -2.11. The van der Waals surface area contributed by atoms with Crippen LogP contribution in [0.1, 0.15) is 36.0 Å². The fourth-order valence-electron chi connectivity index (χ4n) is 2.15. The fourth-order valence-corrected chi connectivity index (χ4v) is 2.15. The molecule has 1 aliphatic carbocycles. The second kappa shape index (κ2) is 6.40. The van der Waals surface area contributed by atoms with Crippen LogP contribution in [0.3, 0.4) is 0 Å². The largest absolute Gasteiger partial charge is 0.491 e. The van der Waals surface area contributed by atoms with Gasteiger partial charge in [0.1, 0.15) is 12.4 Å². The molecule has 1 aromatic carbocycles. The average Bonchev–Trinajstić information content (AvgIpc) is 2.88. The van der Waals surface area contributed by atoms with Crippen LogP contribution in [0.15, 0.2) is 24.3 Å². The van der Waals surface area contributed by atoms with Crippen molar-refractivity contribution >= 4 is 5.97 Å². The van der Waals surface area contributed by atoms with Crippen LogP contribution in [0.5, 0.6) is 5.75 Å². The molecule has 0 atom stereocenters. The highest BCUT2D eigenvalue weighted by Gasteiger charge is 2.14. The molecular weight excluding hydrogens is 232 g/mol. The summed E-state index contributed by atoms with van der Waals surface area (Å²) in [4.78, 5) is 10.8. The predicted octanol–water partition coefficient (Wildman–Crippen LogP) is 2.72. The summed E-state index contributed by atoms with van der Waals surface area (Å²) in [5.74, 6) is -0.368. The third-order valence-electron chi connectivity index (χ3n) is 3.09. The maximum absolute atomic E-state index is 10.8. The average molecular weight is 250 g/mol. The van der Waals surface area contributed by atoms with E-state index in [4.69, 9.17) is 14.6 Å². The molecule has 0 bridgehead atoms. The number of hydrogen-bond donors (Lipinski definition) is 1. The van der Waals surface area contributed by atoms with Crippen molar-refractivity contribution in [3.63, 3.8) is 0 Å². The summed E-state index contributed by atoms with van der Waals surface area (Å²) in [5.41, 5.74) is 0.240. The SMILES string of the molecule is O=C(O)c1cccc(OCCOC2CCCC2)c1. The summed E-state index contributed by atoms with van der Waals surface area (Å²) in [5, 5.41) is 8.84. The Hall–Kier alpha value is -1.55. The molecule has 0 amide bonds. The number of carboxylic acids is 1. The van der Waals surface area contributed by atoms with E-state index < -0.39 is 5.97 Å². The van der Waals surface area contributed by atoms with E-state index in [1.165, 1.54) is 18.9 Å². The van der Waals surface area contributed by atoms with Crippen LogP contribution in [-0.2, 0) is 4.74 Å². The second-order valence-electron chi connectivity index (χ2n) is 4.46. The first-order valence-electron chi connectivity index (χ1n) is 6.33. The molecule has 1 N–H and O–H groups in total. The van der Waals surface area contributed by atoms with Crippen molar-refractivity contribution in [1.29, 1.82) is 0 Å². The minimum Gasteiger partial charge on any atom is -0.491 e. The Labute approximate surface area is 107 Å². The van der Waals surface area contributed by atoms with E-state index in [1.54, 1.807) is 18.2 Å². The van der Waals surface area contributed by atoms with Crippen LogP contribution in [0.2, 0.25) is 0 Å². The van der Waals surface area contributed by atoms with E-state index in [0.717, 1.165) is 12.8 Å². The first kappa shape index (κ1) is 12.9. The highest BCUT2D eigenvalue weighted by atomic mass is 16.5. The third-order valence-corrected chi connectivity index (χ3v) is 3.09. The third kappa shape index (κ3) is 3.74. The molecule has 0 aliphatic heterocycles. The molecule has 0 saturated heterocycles. The van der Waals surface area contributed by atoms with Gasteiger partial charge in [-0.2, -0.15) is 0 Å². The van der Waals surface area contributed by atoms with E-state index in [9.17, 15) is 4.79 Å². The van der Waals surface area contributed by atoms with Crippen LogP contribution < -0.4 is 4.74 Å². The van der Waals surface area contributed by atoms with Gasteiger partial charge in [0, 0.05) is 0 Å². The molecule has 4 nitrogen and oxygen atoms in total. The van der Waals surface area contributed by atoms with Gasteiger partial charge in [-0.25, -0.2) is 4.79 Å². The number of ether oxygens (including phenoxy) is 2. The summed E-state index contributed by atoms with van der Waals surface area (Å²) in [6.45, 7) is 1.02. The van der Waals surface area contributed by atoms with Gasteiger partial charge in [-0.15, -0.1) is 0 Å². The van der Waals surface area contributed by atoms with Gasteiger partial charge in [-0.05, 0) is 31.0 Å². The molecule has 2 rings (SSSR count).